The van der Waals surface area contributed by atoms with Gasteiger partial charge < -0.3 is 11.1 Å². The molecule has 3 aromatic rings. The number of aryl methyl sites for hydroxylation is 2. The molecule has 0 aliphatic heterocycles. The molecular formula is C19H19N5O2S. The minimum Gasteiger partial charge on any atom is -0.368 e. The Bertz CT molecular complexity index is 999. The zero-order valence-electron chi connectivity index (χ0n) is 15.0. The van der Waals surface area contributed by atoms with Crippen LogP contribution in [-0.2, 0) is 11.3 Å². The molecule has 2 aromatic heterocycles. The first kappa shape index (κ1) is 18.7. The summed E-state index contributed by atoms with van der Waals surface area (Å²) in [5, 5.41) is 7.38. The lowest BCUT2D eigenvalue weighted by atomic mass is 10.1. The van der Waals surface area contributed by atoms with E-state index in [0.29, 0.717) is 16.3 Å². The number of anilines is 1. The Morgan fingerprint density at radius 2 is 2.04 bits per heavy atom. The normalized spacial score (nSPS) is 10.6. The molecular weight excluding hydrogens is 362 g/mol. The number of benzene rings is 1. The molecule has 0 saturated carbocycles. The maximum absolute atomic E-state index is 12.7. The number of carbonyl (C=O) groups excluding carboxylic acids is 2. The first-order chi connectivity index (χ1) is 12.9. The van der Waals surface area contributed by atoms with Gasteiger partial charge in [-0.1, -0.05) is 17.8 Å². The number of pyridine rings is 1. The van der Waals surface area contributed by atoms with Gasteiger partial charge in [-0.05, 0) is 49.2 Å². The Labute approximate surface area is 161 Å². The minimum absolute atomic E-state index is 0.0450. The molecule has 1 aromatic carbocycles. The SMILES string of the molecule is Cc1ccc(Sc2ncccc2C(=O)Nc2cnn(CC(N)=O)c2)cc1C. The minimum atomic E-state index is -0.504. The lowest BCUT2D eigenvalue weighted by Gasteiger charge is -2.09. The molecule has 0 atom stereocenters. The molecule has 0 radical (unpaired) electrons. The predicted molar refractivity (Wildman–Crippen MR) is 104 cm³/mol. The van der Waals surface area contributed by atoms with E-state index in [1.165, 1.54) is 33.8 Å². The van der Waals surface area contributed by atoms with Crippen LogP contribution in [0.25, 0.3) is 0 Å². The van der Waals surface area contributed by atoms with Crippen LogP contribution in [0.5, 0.6) is 0 Å². The van der Waals surface area contributed by atoms with Gasteiger partial charge >= 0.3 is 0 Å². The Hall–Kier alpha value is -3.13. The highest BCUT2D eigenvalue weighted by molar-refractivity contribution is 7.99. The number of hydrogen-bond acceptors (Lipinski definition) is 5. The van der Waals surface area contributed by atoms with E-state index < -0.39 is 5.91 Å². The molecule has 7 nitrogen and oxygen atoms in total. The Balaban J connectivity index is 1.78. The molecule has 0 saturated heterocycles. The number of primary amides is 1. The third-order valence-electron chi connectivity index (χ3n) is 3.92. The van der Waals surface area contributed by atoms with E-state index in [0.717, 1.165) is 4.90 Å². The highest BCUT2D eigenvalue weighted by Gasteiger charge is 2.15. The fraction of sp³-hybridized carbons (Fsp3) is 0.158. The second-order valence-electron chi connectivity index (χ2n) is 6.05. The van der Waals surface area contributed by atoms with E-state index in [9.17, 15) is 9.59 Å². The van der Waals surface area contributed by atoms with Crippen molar-refractivity contribution in [2.45, 2.75) is 30.3 Å². The zero-order chi connectivity index (χ0) is 19.4. The highest BCUT2D eigenvalue weighted by Crippen LogP contribution is 2.30. The summed E-state index contributed by atoms with van der Waals surface area (Å²) in [6.45, 7) is 4.06. The van der Waals surface area contributed by atoms with E-state index in [4.69, 9.17) is 5.73 Å². The summed E-state index contributed by atoms with van der Waals surface area (Å²) in [5.74, 6) is -0.802. The lowest BCUT2D eigenvalue weighted by molar-refractivity contribution is -0.118. The number of hydrogen-bond donors (Lipinski definition) is 2. The highest BCUT2D eigenvalue weighted by atomic mass is 32.2. The van der Waals surface area contributed by atoms with Crippen molar-refractivity contribution in [3.05, 3.63) is 65.6 Å². The maximum atomic E-state index is 12.7. The van der Waals surface area contributed by atoms with E-state index in [1.54, 1.807) is 24.5 Å². The molecule has 3 N–H and O–H groups in total. The van der Waals surface area contributed by atoms with Crippen LogP contribution in [0.1, 0.15) is 21.5 Å². The number of rotatable bonds is 6. The Kier molecular flexibility index (Phi) is 5.56. The summed E-state index contributed by atoms with van der Waals surface area (Å²) in [4.78, 5) is 29.0. The number of nitrogens with one attached hydrogen (secondary N) is 1. The molecule has 27 heavy (non-hydrogen) atoms. The monoisotopic (exact) mass is 381 g/mol. The van der Waals surface area contributed by atoms with Crippen LogP contribution < -0.4 is 11.1 Å². The van der Waals surface area contributed by atoms with Gasteiger partial charge in [-0.3, -0.25) is 14.3 Å². The van der Waals surface area contributed by atoms with Crippen LogP contribution in [0, 0.1) is 13.8 Å². The molecule has 138 valence electrons. The first-order valence-electron chi connectivity index (χ1n) is 8.24. The molecule has 3 rings (SSSR count). The fourth-order valence-electron chi connectivity index (χ4n) is 2.41. The number of nitrogens with zero attached hydrogens (tertiary/aromatic N) is 3. The lowest BCUT2D eigenvalue weighted by Crippen LogP contribution is -2.18. The fourth-order valence-corrected chi connectivity index (χ4v) is 3.39. The van der Waals surface area contributed by atoms with Crippen molar-refractivity contribution in [3.8, 4) is 0 Å². The number of carbonyl (C=O) groups is 2. The average molecular weight is 381 g/mol. The van der Waals surface area contributed by atoms with Crippen molar-refractivity contribution >= 4 is 29.3 Å². The van der Waals surface area contributed by atoms with Gasteiger partial charge in [-0.25, -0.2) is 4.98 Å². The van der Waals surface area contributed by atoms with Gasteiger partial charge in [0.1, 0.15) is 11.6 Å². The molecule has 2 amide bonds. The Morgan fingerprint density at radius 1 is 1.22 bits per heavy atom. The van der Waals surface area contributed by atoms with Crippen LogP contribution in [0.15, 0.2) is 58.8 Å². The third-order valence-corrected chi connectivity index (χ3v) is 4.93. The molecule has 0 bridgehead atoms. The van der Waals surface area contributed by atoms with Gasteiger partial charge in [0.15, 0.2) is 0 Å². The van der Waals surface area contributed by atoms with Gasteiger partial charge in [-0.15, -0.1) is 0 Å². The van der Waals surface area contributed by atoms with Gasteiger partial charge in [0.05, 0.1) is 17.4 Å². The van der Waals surface area contributed by atoms with Gasteiger partial charge in [0, 0.05) is 17.3 Å². The third kappa shape index (κ3) is 4.73. The summed E-state index contributed by atoms with van der Waals surface area (Å²) in [7, 11) is 0. The van der Waals surface area contributed by atoms with Crippen molar-refractivity contribution < 1.29 is 9.59 Å². The van der Waals surface area contributed by atoms with Crippen molar-refractivity contribution in [2.75, 3.05) is 5.32 Å². The quantitative estimate of drug-likeness (QED) is 0.683. The van der Waals surface area contributed by atoms with E-state index in [1.807, 2.05) is 12.1 Å². The molecule has 0 aliphatic rings. The topological polar surface area (TPSA) is 103 Å². The summed E-state index contributed by atoms with van der Waals surface area (Å²) in [6, 6.07) is 9.57. The van der Waals surface area contributed by atoms with Crippen LogP contribution in [0.2, 0.25) is 0 Å². The number of nitrogens with two attached hydrogens (primary N) is 1. The van der Waals surface area contributed by atoms with Gasteiger partial charge in [-0.2, -0.15) is 5.10 Å². The van der Waals surface area contributed by atoms with Crippen molar-refractivity contribution in [2.24, 2.45) is 5.73 Å². The standard InChI is InChI=1S/C19H19N5O2S/c1-12-5-6-15(8-13(12)2)27-19-16(4-3-7-21-19)18(26)23-14-9-22-24(10-14)11-17(20)25/h3-10H,11H2,1-2H3,(H2,20,25)(H,23,26). The molecule has 0 fully saturated rings. The van der Waals surface area contributed by atoms with E-state index >= 15 is 0 Å². The van der Waals surface area contributed by atoms with Crippen molar-refractivity contribution in [3.63, 3.8) is 0 Å². The average Bonchev–Trinajstić information content (AvgIpc) is 3.04. The summed E-state index contributed by atoms with van der Waals surface area (Å²) >= 11 is 1.44. The second-order valence-corrected chi connectivity index (χ2v) is 7.11. The van der Waals surface area contributed by atoms with E-state index in [-0.39, 0.29) is 12.5 Å². The predicted octanol–water partition coefficient (Wildman–Crippen LogP) is 2.78. The summed E-state index contributed by atoms with van der Waals surface area (Å²) in [6.07, 6.45) is 4.67. The molecule has 2 heterocycles. The van der Waals surface area contributed by atoms with Crippen LogP contribution in [0.3, 0.4) is 0 Å². The Morgan fingerprint density at radius 3 is 2.78 bits per heavy atom. The molecule has 0 spiro atoms. The van der Waals surface area contributed by atoms with E-state index in [2.05, 4.69) is 35.3 Å². The molecule has 0 unspecified atom stereocenters. The van der Waals surface area contributed by atoms with Crippen LogP contribution >= 0.6 is 11.8 Å². The van der Waals surface area contributed by atoms with Crippen LogP contribution in [0.4, 0.5) is 5.69 Å². The van der Waals surface area contributed by atoms with Gasteiger partial charge in [0.2, 0.25) is 5.91 Å². The van der Waals surface area contributed by atoms with Crippen molar-refractivity contribution in [1.82, 2.24) is 14.8 Å². The molecule has 0 aliphatic carbocycles. The van der Waals surface area contributed by atoms with Crippen molar-refractivity contribution in [1.29, 1.82) is 0 Å². The number of aromatic nitrogens is 3. The maximum Gasteiger partial charge on any atom is 0.258 e. The first-order valence-corrected chi connectivity index (χ1v) is 9.06. The van der Waals surface area contributed by atoms with Gasteiger partial charge in [0.25, 0.3) is 5.91 Å². The second kappa shape index (κ2) is 8.05. The number of amides is 2. The molecule has 8 heteroatoms. The summed E-state index contributed by atoms with van der Waals surface area (Å²) < 4.78 is 1.37. The zero-order valence-corrected chi connectivity index (χ0v) is 15.8. The summed E-state index contributed by atoms with van der Waals surface area (Å²) in [5.41, 5.74) is 8.48. The largest absolute Gasteiger partial charge is 0.368 e. The smallest absolute Gasteiger partial charge is 0.258 e. The van der Waals surface area contributed by atoms with Crippen LogP contribution in [-0.4, -0.2) is 26.6 Å².